The molecule has 2 fully saturated rings. The van der Waals surface area contributed by atoms with E-state index in [2.05, 4.69) is 4.90 Å². The molecule has 1 heterocycles. The number of anilines is 1. The van der Waals surface area contributed by atoms with Crippen LogP contribution in [0.3, 0.4) is 0 Å². The van der Waals surface area contributed by atoms with Gasteiger partial charge in [-0.3, -0.25) is 0 Å². The maximum atomic E-state index is 5.98. The minimum absolute atomic E-state index is 0.383. The van der Waals surface area contributed by atoms with Gasteiger partial charge < -0.3 is 15.4 Å². The van der Waals surface area contributed by atoms with Crippen LogP contribution in [-0.2, 0) is 0 Å². The van der Waals surface area contributed by atoms with Crippen LogP contribution >= 0.6 is 0 Å². The molecule has 1 aromatic rings. The number of benzene rings is 1. The minimum Gasteiger partial charge on any atom is -0.490 e. The molecule has 3 heteroatoms. The van der Waals surface area contributed by atoms with E-state index in [1.54, 1.807) is 0 Å². The van der Waals surface area contributed by atoms with E-state index in [9.17, 15) is 0 Å². The number of nitrogens with two attached hydrogens (primary N) is 1. The highest BCUT2D eigenvalue weighted by Crippen LogP contribution is 2.30. The highest BCUT2D eigenvalue weighted by Gasteiger charge is 2.32. The van der Waals surface area contributed by atoms with Gasteiger partial charge in [0.1, 0.15) is 11.9 Å². The summed E-state index contributed by atoms with van der Waals surface area (Å²) in [5.41, 5.74) is 6.45. The van der Waals surface area contributed by atoms with Crippen molar-refractivity contribution in [2.24, 2.45) is 0 Å². The molecule has 0 radical (unpaired) electrons. The number of rotatable bonds is 3. The van der Waals surface area contributed by atoms with Crippen LogP contribution < -0.4 is 10.5 Å². The molecule has 0 aromatic heterocycles. The molecular formula is C14H20N2O. The van der Waals surface area contributed by atoms with Crippen molar-refractivity contribution in [2.75, 3.05) is 18.8 Å². The van der Waals surface area contributed by atoms with Gasteiger partial charge in [0, 0.05) is 24.8 Å². The predicted molar refractivity (Wildman–Crippen MR) is 69.1 cm³/mol. The highest BCUT2D eigenvalue weighted by molar-refractivity contribution is 5.41. The summed E-state index contributed by atoms with van der Waals surface area (Å²) in [6.07, 6.45) is 5.50. The Labute approximate surface area is 103 Å². The molecule has 0 amide bonds. The first-order valence-corrected chi connectivity index (χ1v) is 6.57. The second-order valence-corrected chi connectivity index (χ2v) is 5.15. The van der Waals surface area contributed by atoms with Gasteiger partial charge in [0.05, 0.1) is 0 Å². The Morgan fingerprint density at radius 1 is 1.00 bits per heavy atom. The molecule has 1 saturated heterocycles. The Balaban J connectivity index is 1.51. The first-order valence-electron chi connectivity index (χ1n) is 6.57. The monoisotopic (exact) mass is 232 g/mol. The van der Waals surface area contributed by atoms with Gasteiger partial charge in [-0.1, -0.05) is 0 Å². The fraction of sp³-hybridized carbons (Fsp3) is 0.571. The van der Waals surface area contributed by atoms with Gasteiger partial charge in [-0.25, -0.2) is 0 Å². The van der Waals surface area contributed by atoms with Crippen molar-refractivity contribution < 1.29 is 4.74 Å². The average molecular weight is 232 g/mol. The van der Waals surface area contributed by atoms with Gasteiger partial charge in [0.15, 0.2) is 0 Å². The quantitative estimate of drug-likeness (QED) is 0.812. The maximum absolute atomic E-state index is 5.98. The Kier molecular flexibility index (Phi) is 2.93. The van der Waals surface area contributed by atoms with Crippen LogP contribution in [0.1, 0.15) is 25.7 Å². The van der Waals surface area contributed by atoms with Crippen LogP contribution in [0.2, 0.25) is 0 Å². The van der Waals surface area contributed by atoms with Crippen molar-refractivity contribution >= 4 is 5.69 Å². The molecule has 3 nitrogen and oxygen atoms in total. The van der Waals surface area contributed by atoms with Gasteiger partial charge in [0.25, 0.3) is 0 Å². The lowest BCUT2D eigenvalue weighted by atomic mass is 10.1. The summed E-state index contributed by atoms with van der Waals surface area (Å²) in [6, 6.07) is 8.61. The van der Waals surface area contributed by atoms with E-state index in [0.29, 0.717) is 6.10 Å². The van der Waals surface area contributed by atoms with E-state index in [4.69, 9.17) is 10.5 Å². The average Bonchev–Trinajstić information content (AvgIpc) is 3.17. The summed E-state index contributed by atoms with van der Waals surface area (Å²) < 4.78 is 5.98. The number of piperidine rings is 1. The third kappa shape index (κ3) is 2.72. The lowest BCUT2D eigenvalue weighted by molar-refractivity contribution is 0.0966. The lowest BCUT2D eigenvalue weighted by Crippen LogP contribution is -2.39. The summed E-state index contributed by atoms with van der Waals surface area (Å²) in [5.74, 6) is 0.948. The van der Waals surface area contributed by atoms with Crippen LogP contribution in [0.4, 0.5) is 5.69 Å². The second kappa shape index (κ2) is 4.57. The van der Waals surface area contributed by atoms with Crippen LogP contribution in [0.25, 0.3) is 0 Å². The van der Waals surface area contributed by atoms with Crippen molar-refractivity contribution in [1.29, 1.82) is 0 Å². The van der Waals surface area contributed by atoms with E-state index in [1.807, 2.05) is 24.3 Å². The van der Waals surface area contributed by atoms with Gasteiger partial charge >= 0.3 is 0 Å². The molecule has 0 unspecified atom stereocenters. The first-order chi connectivity index (χ1) is 8.31. The largest absolute Gasteiger partial charge is 0.490 e. The molecule has 2 aliphatic rings. The topological polar surface area (TPSA) is 38.5 Å². The Morgan fingerprint density at radius 2 is 1.65 bits per heavy atom. The van der Waals surface area contributed by atoms with Crippen molar-refractivity contribution in [3.8, 4) is 5.75 Å². The Morgan fingerprint density at radius 3 is 2.24 bits per heavy atom. The standard InChI is InChI=1S/C14H20N2O/c15-11-1-5-13(6-2-11)17-14-7-9-16(10-8-14)12-3-4-12/h1-2,5-6,12,14H,3-4,7-10,15H2. The Hall–Kier alpha value is -1.22. The fourth-order valence-corrected chi connectivity index (χ4v) is 2.54. The number of ether oxygens (including phenoxy) is 1. The van der Waals surface area contributed by atoms with E-state index in [1.165, 1.54) is 25.9 Å². The first kappa shape index (κ1) is 10.9. The second-order valence-electron chi connectivity index (χ2n) is 5.15. The molecule has 92 valence electrons. The smallest absolute Gasteiger partial charge is 0.119 e. The zero-order chi connectivity index (χ0) is 11.7. The summed E-state index contributed by atoms with van der Waals surface area (Å²) >= 11 is 0. The van der Waals surface area contributed by atoms with Crippen molar-refractivity contribution in [3.63, 3.8) is 0 Å². The predicted octanol–water partition coefficient (Wildman–Crippen LogP) is 2.27. The van der Waals surface area contributed by atoms with E-state index < -0.39 is 0 Å². The molecule has 0 bridgehead atoms. The van der Waals surface area contributed by atoms with E-state index in [0.717, 1.165) is 30.3 Å². The van der Waals surface area contributed by atoms with Crippen molar-refractivity contribution in [3.05, 3.63) is 24.3 Å². The van der Waals surface area contributed by atoms with Crippen molar-refractivity contribution in [2.45, 2.75) is 37.8 Å². The molecule has 0 spiro atoms. The normalized spacial score (nSPS) is 22.6. The molecule has 3 rings (SSSR count). The summed E-state index contributed by atoms with van der Waals surface area (Å²) in [5, 5.41) is 0. The van der Waals surface area contributed by atoms with E-state index >= 15 is 0 Å². The van der Waals surface area contributed by atoms with Gasteiger partial charge in [-0.05, 0) is 49.9 Å². The van der Waals surface area contributed by atoms with Crippen LogP contribution in [0, 0.1) is 0 Å². The fourth-order valence-electron chi connectivity index (χ4n) is 2.54. The van der Waals surface area contributed by atoms with Crippen LogP contribution in [-0.4, -0.2) is 30.1 Å². The molecule has 17 heavy (non-hydrogen) atoms. The summed E-state index contributed by atoms with van der Waals surface area (Å²) in [4.78, 5) is 2.61. The molecule has 1 aromatic carbocycles. The third-order valence-corrected chi connectivity index (χ3v) is 3.72. The number of likely N-dealkylation sites (tertiary alicyclic amines) is 1. The van der Waals surface area contributed by atoms with Gasteiger partial charge in [-0.15, -0.1) is 0 Å². The number of hydrogen-bond donors (Lipinski definition) is 1. The Bertz CT molecular complexity index is 364. The van der Waals surface area contributed by atoms with Gasteiger partial charge in [0.2, 0.25) is 0 Å². The number of hydrogen-bond acceptors (Lipinski definition) is 3. The molecule has 1 aliphatic heterocycles. The maximum Gasteiger partial charge on any atom is 0.119 e. The minimum atomic E-state index is 0.383. The molecule has 1 saturated carbocycles. The summed E-state index contributed by atoms with van der Waals surface area (Å²) in [6.45, 7) is 2.40. The lowest BCUT2D eigenvalue weighted by Gasteiger charge is -2.32. The molecular weight excluding hydrogens is 212 g/mol. The molecule has 0 atom stereocenters. The summed E-state index contributed by atoms with van der Waals surface area (Å²) in [7, 11) is 0. The molecule has 2 N–H and O–H groups in total. The van der Waals surface area contributed by atoms with Crippen molar-refractivity contribution in [1.82, 2.24) is 4.90 Å². The highest BCUT2D eigenvalue weighted by atomic mass is 16.5. The van der Waals surface area contributed by atoms with Crippen LogP contribution in [0.5, 0.6) is 5.75 Å². The number of nitrogens with zero attached hydrogens (tertiary/aromatic N) is 1. The third-order valence-electron chi connectivity index (χ3n) is 3.72. The SMILES string of the molecule is Nc1ccc(OC2CCN(C3CC3)CC2)cc1. The van der Waals surface area contributed by atoms with Crippen LogP contribution in [0.15, 0.2) is 24.3 Å². The number of nitrogen functional groups attached to an aromatic ring is 1. The van der Waals surface area contributed by atoms with Gasteiger partial charge in [-0.2, -0.15) is 0 Å². The zero-order valence-corrected chi connectivity index (χ0v) is 10.1. The molecule has 1 aliphatic carbocycles. The van der Waals surface area contributed by atoms with E-state index in [-0.39, 0.29) is 0 Å². The zero-order valence-electron chi connectivity index (χ0n) is 10.1.